The van der Waals surface area contributed by atoms with Gasteiger partial charge in [-0.05, 0) is 31.2 Å². The fraction of sp³-hybridized carbons (Fsp3) is 0.471. The zero-order valence-corrected chi connectivity index (χ0v) is 12.0. The van der Waals surface area contributed by atoms with Crippen molar-refractivity contribution in [1.29, 1.82) is 0 Å². The lowest BCUT2D eigenvalue weighted by Gasteiger charge is -2.27. The lowest BCUT2D eigenvalue weighted by Crippen LogP contribution is -2.21. The lowest BCUT2D eigenvalue weighted by molar-refractivity contribution is 0.0648. The number of aromatic nitrogens is 2. The summed E-state index contributed by atoms with van der Waals surface area (Å²) in [5.41, 5.74) is 1.33. The highest BCUT2D eigenvalue weighted by molar-refractivity contribution is 5.16. The number of hydrogen-bond donors (Lipinski definition) is 0. The van der Waals surface area contributed by atoms with Crippen molar-refractivity contribution in [2.75, 3.05) is 7.11 Å². The number of nitrogens with zero attached hydrogens (tertiary/aromatic N) is 2. The summed E-state index contributed by atoms with van der Waals surface area (Å²) in [7, 11) is 1.82. The summed E-state index contributed by atoms with van der Waals surface area (Å²) in [6, 6.07) is 10.6. The Morgan fingerprint density at radius 3 is 2.60 bits per heavy atom. The van der Waals surface area contributed by atoms with E-state index < -0.39 is 0 Å². The average molecular weight is 270 g/mol. The van der Waals surface area contributed by atoms with Gasteiger partial charge in [-0.15, -0.1) is 0 Å². The summed E-state index contributed by atoms with van der Waals surface area (Å²) in [5, 5.41) is 0. The minimum absolute atomic E-state index is 0.448. The Bertz CT molecular complexity index is 527. The third-order valence-corrected chi connectivity index (χ3v) is 4.32. The van der Waals surface area contributed by atoms with Gasteiger partial charge in [-0.1, -0.05) is 30.3 Å². The molecule has 106 valence electrons. The molecule has 1 aromatic carbocycles. The van der Waals surface area contributed by atoms with Crippen LogP contribution >= 0.6 is 0 Å². The maximum atomic E-state index is 5.46. The molecule has 0 amide bonds. The number of rotatable bonds is 4. The van der Waals surface area contributed by atoms with Gasteiger partial charge < -0.3 is 9.30 Å². The first-order chi connectivity index (χ1) is 9.86. The largest absolute Gasteiger partial charge is 0.381 e. The Balaban J connectivity index is 1.71. The zero-order chi connectivity index (χ0) is 13.8. The SMILES string of the molecule is COC1CCC(c2nccn2Cc2ccccc2)CC1. The van der Waals surface area contributed by atoms with Crippen LogP contribution in [0.25, 0.3) is 0 Å². The van der Waals surface area contributed by atoms with E-state index in [4.69, 9.17) is 4.74 Å². The van der Waals surface area contributed by atoms with Crippen LogP contribution in [0.15, 0.2) is 42.7 Å². The van der Waals surface area contributed by atoms with Crippen LogP contribution < -0.4 is 0 Å². The average Bonchev–Trinajstić information content (AvgIpc) is 2.96. The van der Waals surface area contributed by atoms with E-state index in [0.29, 0.717) is 12.0 Å². The molecule has 1 fully saturated rings. The van der Waals surface area contributed by atoms with Crippen LogP contribution in [0.5, 0.6) is 0 Å². The molecule has 3 heteroatoms. The van der Waals surface area contributed by atoms with E-state index in [9.17, 15) is 0 Å². The van der Waals surface area contributed by atoms with Crippen LogP contribution in [-0.4, -0.2) is 22.8 Å². The third kappa shape index (κ3) is 2.93. The highest BCUT2D eigenvalue weighted by atomic mass is 16.5. The summed E-state index contributed by atoms with van der Waals surface area (Å²) in [6.07, 6.45) is 9.16. The predicted molar refractivity (Wildman–Crippen MR) is 79.8 cm³/mol. The molecule has 1 aromatic heterocycles. The van der Waals surface area contributed by atoms with Crippen molar-refractivity contribution in [2.45, 2.75) is 44.2 Å². The van der Waals surface area contributed by atoms with Gasteiger partial charge in [0, 0.05) is 32.0 Å². The van der Waals surface area contributed by atoms with E-state index in [2.05, 4.69) is 46.1 Å². The van der Waals surface area contributed by atoms with Crippen molar-refractivity contribution in [1.82, 2.24) is 9.55 Å². The van der Waals surface area contributed by atoms with Gasteiger partial charge in [0.25, 0.3) is 0 Å². The Kier molecular flexibility index (Phi) is 4.16. The maximum Gasteiger partial charge on any atom is 0.112 e. The highest BCUT2D eigenvalue weighted by Crippen LogP contribution is 2.33. The van der Waals surface area contributed by atoms with Crippen LogP contribution in [0.2, 0.25) is 0 Å². The van der Waals surface area contributed by atoms with Crippen molar-refractivity contribution in [2.24, 2.45) is 0 Å². The molecule has 0 atom stereocenters. The van der Waals surface area contributed by atoms with Crippen LogP contribution in [0.1, 0.15) is 43.0 Å². The molecule has 0 bridgehead atoms. The summed E-state index contributed by atoms with van der Waals surface area (Å²) in [6.45, 7) is 0.917. The van der Waals surface area contributed by atoms with Crippen LogP contribution in [0, 0.1) is 0 Å². The Morgan fingerprint density at radius 1 is 1.15 bits per heavy atom. The summed E-state index contributed by atoms with van der Waals surface area (Å²) in [4.78, 5) is 4.61. The Labute approximate surface area is 120 Å². The molecule has 0 spiro atoms. The van der Waals surface area contributed by atoms with Gasteiger partial charge in [-0.3, -0.25) is 0 Å². The molecule has 1 aliphatic rings. The van der Waals surface area contributed by atoms with Gasteiger partial charge >= 0.3 is 0 Å². The molecule has 1 aliphatic carbocycles. The van der Waals surface area contributed by atoms with E-state index in [-0.39, 0.29) is 0 Å². The first kappa shape index (κ1) is 13.4. The third-order valence-electron chi connectivity index (χ3n) is 4.32. The fourth-order valence-electron chi connectivity index (χ4n) is 3.15. The molecule has 3 rings (SSSR count). The monoisotopic (exact) mass is 270 g/mol. The second-order valence-electron chi connectivity index (χ2n) is 5.61. The second kappa shape index (κ2) is 6.23. The Hall–Kier alpha value is -1.61. The molecule has 2 aromatic rings. The minimum Gasteiger partial charge on any atom is -0.381 e. The standard InChI is InChI=1S/C17H22N2O/c1-20-16-9-7-15(8-10-16)17-18-11-12-19(17)13-14-5-3-2-4-6-14/h2-6,11-12,15-16H,7-10,13H2,1H3. The van der Waals surface area contributed by atoms with Gasteiger partial charge in [0.2, 0.25) is 0 Å². The molecule has 0 saturated heterocycles. The van der Waals surface area contributed by atoms with Crippen molar-refractivity contribution >= 4 is 0 Å². The molecule has 1 heterocycles. The summed E-state index contributed by atoms with van der Waals surface area (Å²) >= 11 is 0. The van der Waals surface area contributed by atoms with E-state index in [1.165, 1.54) is 24.2 Å². The molecule has 0 radical (unpaired) electrons. The van der Waals surface area contributed by atoms with Crippen molar-refractivity contribution in [3.8, 4) is 0 Å². The van der Waals surface area contributed by atoms with E-state index in [1.54, 1.807) is 0 Å². The molecular formula is C17H22N2O. The molecule has 20 heavy (non-hydrogen) atoms. The normalized spacial score (nSPS) is 22.9. The molecule has 3 nitrogen and oxygen atoms in total. The zero-order valence-electron chi connectivity index (χ0n) is 12.0. The van der Waals surface area contributed by atoms with Gasteiger partial charge in [-0.25, -0.2) is 4.98 Å². The van der Waals surface area contributed by atoms with Crippen LogP contribution in [0.4, 0.5) is 0 Å². The van der Waals surface area contributed by atoms with Crippen LogP contribution in [0.3, 0.4) is 0 Å². The van der Waals surface area contributed by atoms with Crippen molar-refractivity contribution in [3.63, 3.8) is 0 Å². The first-order valence-electron chi connectivity index (χ1n) is 7.44. The quantitative estimate of drug-likeness (QED) is 0.848. The van der Waals surface area contributed by atoms with Gasteiger partial charge in [-0.2, -0.15) is 0 Å². The predicted octanol–water partition coefficient (Wildman–Crippen LogP) is 3.60. The van der Waals surface area contributed by atoms with E-state index in [1.807, 2.05) is 13.3 Å². The minimum atomic E-state index is 0.448. The van der Waals surface area contributed by atoms with Crippen LogP contribution in [-0.2, 0) is 11.3 Å². The molecule has 1 saturated carbocycles. The van der Waals surface area contributed by atoms with E-state index in [0.717, 1.165) is 19.4 Å². The smallest absolute Gasteiger partial charge is 0.112 e. The number of ether oxygens (including phenoxy) is 1. The topological polar surface area (TPSA) is 27.1 Å². The lowest BCUT2D eigenvalue weighted by atomic mass is 9.86. The Morgan fingerprint density at radius 2 is 1.90 bits per heavy atom. The van der Waals surface area contributed by atoms with Gasteiger partial charge in [0.15, 0.2) is 0 Å². The summed E-state index contributed by atoms with van der Waals surface area (Å²) < 4.78 is 7.75. The number of hydrogen-bond acceptors (Lipinski definition) is 2. The fourth-order valence-corrected chi connectivity index (χ4v) is 3.15. The molecular weight excluding hydrogens is 248 g/mol. The number of methoxy groups -OCH3 is 1. The second-order valence-corrected chi connectivity index (χ2v) is 5.61. The molecule has 0 aliphatic heterocycles. The summed E-state index contributed by atoms with van der Waals surface area (Å²) in [5.74, 6) is 1.82. The van der Waals surface area contributed by atoms with Crippen molar-refractivity contribution < 1.29 is 4.74 Å². The highest BCUT2D eigenvalue weighted by Gasteiger charge is 2.24. The molecule has 0 unspecified atom stereocenters. The van der Waals surface area contributed by atoms with Gasteiger partial charge in [0.05, 0.1) is 6.10 Å². The number of benzene rings is 1. The maximum absolute atomic E-state index is 5.46. The number of imidazole rings is 1. The first-order valence-corrected chi connectivity index (χ1v) is 7.44. The van der Waals surface area contributed by atoms with Crippen molar-refractivity contribution in [3.05, 3.63) is 54.1 Å². The molecule has 0 N–H and O–H groups in total. The van der Waals surface area contributed by atoms with Gasteiger partial charge in [0.1, 0.15) is 5.82 Å². The van der Waals surface area contributed by atoms with E-state index >= 15 is 0 Å².